The number of hydrogen-bond donors (Lipinski definition) is 2. The van der Waals surface area contributed by atoms with Crippen LogP contribution in [-0.2, 0) is 9.53 Å². The van der Waals surface area contributed by atoms with Crippen molar-refractivity contribution in [2.45, 2.75) is 64.5 Å². The molecule has 5 nitrogen and oxygen atoms in total. The van der Waals surface area contributed by atoms with Crippen LogP contribution >= 0.6 is 0 Å². The lowest BCUT2D eigenvalue weighted by atomic mass is 9.74. The molecule has 5 heteroatoms. The molecule has 0 aromatic heterocycles. The fourth-order valence-electron chi connectivity index (χ4n) is 4.18. The van der Waals surface area contributed by atoms with Gasteiger partial charge in [0.15, 0.2) is 0 Å². The van der Waals surface area contributed by atoms with Crippen LogP contribution in [0.15, 0.2) is 30.3 Å². The zero-order valence-corrected chi connectivity index (χ0v) is 15.7. The first-order chi connectivity index (χ1) is 12.6. The highest BCUT2D eigenvalue weighted by Gasteiger charge is 2.47. The van der Waals surface area contributed by atoms with Crippen LogP contribution in [0.3, 0.4) is 0 Å². The van der Waals surface area contributed by atoms with Crippen molar-refractivity contribution in [3.05, 3.63) is 30.3 Å². The molecule has 2 aliphatic rings. The molecule has 142 valence electrons. The third-order valence-corrected chi connectivity index (χ3v) is 5.87. The van der Waals surface area contributed by atoms with E-state index in [2.05, 4.69) is 24.5 Å². The molecule has 0 radical (unpaired) electrons. The van der Waals surface area contributed by atoms with Crippen molar-refractivity contribution in [1.82, 2.24) is 5.32 Å². The largest absolute Gasteiger partial charge is 0.445 e. The van der Waals surface area contributed by atoms with E-state index in [1.54, 1.807) is 0 Å². The van der Waals surface area contributed by atoms with Gasteiger partial charge in [-0.1, -0.05) is 51.3 Å². The van der Waals surface area contributed by atoms with Crippen LogP contribution in [0.5, 0.6) is 0 Å². The molecular formula is C21H30N2O3. The summed E-state index contributed by atoms with van der Waals surface area (Å²) in [5.74, 6) is 0.732. The van der Waals surface area contributed by atoms with Gasteiger partial charge in [0.1, 0.15) is 6.10 Å². The minimum atomic E-state index is -0.367. The second-order valence-electron chi connectivity index (χ2n) is 7.58. The van der Waals surface area contributed by atoms with E-state index in [-0.39, 0.29) is 30.1 Å². The number of amides is 2. The molecule has 2 fully saturated rings. The molecule has 0 bridgehead atoms. The van der Waals surface area contributed by atoms with Crippen LogP contribution in [0, 0.1) is 17.8 Å². The Morgan fingerprint density at radius 2 is 1.73 bits per heavy atom. The van der Waals surface area contributed by atoms with Crippen molar-refractivity contribution < 1.29 is 14.3 Å². The third kappa shape index (κ3) is 4.57. The summed E-state index contributed by atoms with van der Waals surface area (Å²) in [6.07, 6.45) is 5.67. The van der Waals surface area contributed by atoms with Gasteiger partial charge in [-0.25, -0.2) is 4.79 Å². The van der Waals surface area contributed by atoms with E-state index in [0.29, 0.717) is 18.3 Å². The molecule has 0 spiro atoms. The molecule has 3 rings (SSSR count). The Labute approximate surface area is 155 Å². The molecule has 0 aliphatic heterocycles. The van der Waals surface area contributed by atoms with E-state index >= 15 is 0 Å². The number of ether oxygens (including phenoxy) is 1. The number of benzene rings is 1. The van der Waals surface area contributed by atoms with Crippen molar-refractivity contribution in [2.75, 3.05) is 5.32 Å². The summed E-state index contributed by atoms with van der Waals surface area (Å²) in [6, 6.07) is 9.55. The number of alkyl carbamates (subject to hydrolysis) is 1. The Bertz CT molecular complexity index is 607. The summed E-state index contributed by atoms with van der Waals surface area (Å²) < 4.78 is 5.51. The molecule has 2 saturated carbocycles. The standard InChI is InChI=1S/C21H30N2O3/c1-3-14-9-8-10-15(4-2)19(14)23-21(25)26-18-13-17(18)20(24)22-16-11-6-5-7-12-16/h5-7,11-12,14-15,17-19H,3-4,8-10,13H2,1-2H3,(H,22,24)(H,23,25). The molecule has 26 heavy (non-hydrogen) atoms. The SMILES string of the molecule is CCC1CCCC(CC)C1NC(=O)OC1CC1C(=O)Nc1ccccc1. The number of anilines is 1. The zero-order chi connectivity index (χ0) is 18.5. The Balaban J connectivity index is 1.47. The quantitative estimate of drug-likeness (QED) is 0.795. The van der Waals surface area contributed by atoms with Gasteiger partial charge in [-0.2, -0.15) is 0 Å². The average molecular weight is 358 g/mol. The van der Waals surface area contributed by atoms with E-state index in [9.17, 15) is 9.59 Å². The lowest BCUT2D eigenvalue weighted by molar-refractivity contribution is -0.118. The molecule has 1 aromatic rings. The van der Waals surface area contributed by atoms with Crippen LogP contribution in [0.2, 0.25) is 0 Å². The smallest absolute Gasteiger partial charge is 0.407 e. The highest BCUT2D eigenvalue weighted by molar-refractivity contribution is 5.95. The molecule has 1 aromatic carbocycles. The van der Waals surface area contributed by atoms with E-state index in [0.717, 1.165) is 18.5 Å². The summed E-state index contributed by atoms with van der Waals surface area (Å²) in [7, 11) is 0. The maximum atomic E-state index is 12.3. The summed E-state index contributed by atoms with van der Waals surface area (Å²) in [5.41, 5.74) is 0.770. The average Bonchev–Trinajstić information content (AvgIpc) is 3.41. The molecule has 2 aliphatic carbocycles. The highest BCUT2D eigenvalue weighted by Crippen LogP contribution is 2.36. The Morgan fingerprint density at radius 1 is 1.08 bits per heavy atom. The van der Waals surface area contributed by atoms with E-state index < -0.39 is 0 Å². The van der Waals surface area contributed by atoms with Crippen molar-refractivity contribution in [3.8, 4) is 0 Å². The van der Waals surface area contributed by atoms with Gasteiger partial charge in [-0.05, 0) is 36.8 Å². The molecule has 0 heterocycles. The summed E-state index contributed by atoms with van der Waals surface area (Å²) in [6.45, 7) is 4.38. The van der Waals surface area contributed by atoms with Gasteiger partial charge in [-0.15, -0.1) is 0 Å². The number of carbonyl (C=O) groups excluding carboxylic acids is 2. The Morgan fingerprint density at radius 3 is 2.35 bits per heavy atom. The highest BCUT2D eigenvalue weighted by atomic mass is 16.6. The minimum Gasteiger partial charge on any atom is -0.445 e. The normalized spacial score (nSPS) is 30.3. The van der Waals surface area contributed by atoms with E-state index in [1.807, 2.05) is 30.3 Å². The van der Waals surface area contributed by atoms with Crippen molar-refractivity contribution in [3.63, 3.8) is 0 Å². The van der Waals surface area contributed by atoms with Crippen LogP contribution in [0.4, 0.5) is 10.5 Å². The first kappa shape index (κ1) is 18.7. The van der Waals surface area contributed by atoms with Gasteiger partial charge in [0, 0.05) is 18.2 Å². The number of nitrogens with one attached hydrogen (secondary N) is 2. The van der Waals surface area contributed by atoms with Crippen molar-refractivity contribution in [1.29, 1.82) is 0 Å². The van der Waals surface area contributed by atoms with Gasteiger partial charge in [-0.3, -0.25) is 4.79 Å². The monoisotopic (exact) mass is 358 g/mol. The summed E-state index contributed by atoms with van der Waals surface area (Å²) in [4.78, 5) is 24.6. The van der Waals surface area contributed by atoms with Gasteiger partial charge in [0.2, 0.25) is 5.91 Å². The van der Waals surface area contributed by atoms with Crippen molar-refractivity contribution >= 4 is 17.7 Å². The van der Waals surface area contributed by atoms with Gasteiger partial charge >= 0.3 is 6.09 Å². The first-order valence-electron chi connectivity index (χ1n) is 9.95. The summed E-state index contributed by atoms with van der Waals surface area (Å²) in [5, 5.41) is 5.98. The number of rotatable bonds is 6. The maximum Gasteiger partial charge on any atom is 0.407 e. The summed E-state index contributed by atoms with van der Waals surface area (Å²) >= 11 is 0. The topological polar surface area (TPSA) is 67.4 Å². The Kier molecular flexibility index (Phi) is 6.17. The minimum absolute atomic E-state index is 0.0791. The molecular weight excluding hydrogens is 328 g/mol. The number of para-hydroxylation sites is 1. The first-order valence-corrected chi connectivity index (χ1v) is 9.95. The molecule has 2 N–H and O–H groups in total. The second-order valence-corrected chi connectivity index (χ2v) is 7.58. The maximum absolute atomic E-state index is 12.3. The lowest BCUT2D eigenvalue weighted by Gasteiger charge is -2.37. The van der Waals surface area contributed by atoms with Crippen LogP contribution in [0.25, 0.3) is 0 Å². The zero-order valence-electron chi connectivity index (χ0n) is 15.7. The fourth-order valence-corrected chi connectivity index (χ4v) is 4.18. The molecule has 4 unspecified atom stereocenters. The van der Waals surface area contributed by atoms with E-state index in [4.69, 9.17) is 4.74 Å². The molecule has 4 atom stereocenters. The van der Waals surface area contributed by atoms with E-state index in [1.165, 1.54) is 19.3 Å². The van der Waals surface area contributed by atoms with Gasteiger partial charge in [0.05, 0.1) is 5.92 Å². The molecule has 0 saturated heterocycles. The second kappa shape index (κ2) is 8.56. The number of carbonyl (C=O) groups is 2. The van der Waals surface area contributed by atoms with Crippen molar-refractivity contribution in [2.24, 2.45) is 17.8 Å². The predicted molar refractivity (Wildman–Crippen MR) is 102 cm³/mol. The predicted octanol–water partition coefficient (Wildman–Crippen LogP) is 4.34. The van der Waals surface area contributed by atoms with Crippen LogP contribution < -0.4 is 10.6 Å². The molecule has 2 amide bonds. The van der Waals surface area contributed by atoms with Crippen LogP contribution in [0.1, 0.15) is 52.4 Å². The van der Waals surface area contributed by atoms with Gasteiger partial charge < -0.3 is 15.4 Å². The third-order valence-electron chi connectivity index (χ3n) is 5.87. The fraction of sp³-hybridized carbons (Fsp3) is 0.619. The van der Waals surface area contributed by atoms with Crippen LogP contribution in [-0.4, -0.2) is 24.1 Å². The van der Waals surface area contributed by atoms with Gasteiger partial charge in [0.25, 0.3) is 0 Å². The number of hydrogen-bond acceptors (Lipinski definition) is 3. The Hall–Kier alpha value is -2.04. The lowest BCUT2D eigenvalue weighted by Crippen LogP contribution is -2.47.